The maximum absolute atomic E-state index is 10.5. The van der Waals surface area contributed by atoms with E-state index in [-0.39, 0.29) is 12.4 Å². The number of imidazole rings is 1. The number of aliphatic hydroxyl groups excluding tert-OH is 2. The highest BCUT2D eigenvalue weighted by Crippen LogP contribution is 2.34. The van der Waals surface area contributed by atoms with Gasteiger partial charge in [-0.2, -0.15) is 0 Å². The summed E-state index contributed by atoms with van der Waals surface area (Å²) in [7, 11) is 1.50. The van der Waals surface area contributed by atoms with Crippen molar-refractivity contribution in [3.05, 3.63) is 35.4 Å². The Morgan fingerprint density at radius 1 is 1.13 bits per heavy atom. The molecule has 10 nitrogen and oxygen atoms in total. The van der Waals surface area contributed by atoms with Gasteiger partial charge in [0.25, 0.3) is 0 Å². The number of aromatic hydroxyl groups is 1. The number of rotatable bonds is 5. The van der Waals surface area contributed by atoms with E-state index in [4.69, 9.17) is 9.47 Å². The van der Waals surface area contributed by atoms with Gasteiger partial charge in [0.05, 0.1) is 12.9 Å². The normalized spacial score (nSPS) is 23.9. The number of nitrogens with one attached hydrogen (secondary N) is 1. The number of hydrogen-bond donors (Lipinski definition) is 4. The van der Waals surface area contributed by atoms with Crippen molar-refractivity contribution in [2.24, 2.45) is 0 Å². The number of aliphatic hydroxyl groups is 2. The van der Waals surface area contributed by atoms with E-state index in [2.05, 4.69) is 20.3 Å². The van der Waals surface area contributed by atoms with Crippen molar-refractivity contribution in [1.29, 1.82) is 0 Å². The summed E-state index contributed by atoms with van der Waals surface area (Å²) in [5.74, 6) is 1.24. The first kappa shape index (κ1) is 20.5. The van der Waals surface area contributed by atoms with Crippen LogP contribution in [0.25, 0.3) is 11.2 Å². The van der Waals surface area contributed by atoms with Gasteiger partial charge < -0.3 is 30.1 Å². The smallest absolute Gasteiger partial charge is 0.167 e. The number of hydrogen-bond acceptors (Lipinski definition) is 9. The number of aromatic nitrogens is 4. The van der Waals surface area contributed by atoms with E-state index >= 15 is 0 Å². The Hall–Kier alpha value is -2.79. The summed E-state index contributed by atoms with van der Waals surface area (Å²) in [5, 5.41) is 34.0. The lowest BCUT2D eigenvalue weighted by atomic mass is 10.1. The summed E-state index contributed by atoms with van der Waals surface area (Å²) in [6, 6.07) is 3.64. The van der Waals surface area contributed by atoms with Gasteiger partial charge in [-0.3, -0.25) is 4.57 Å². The Morgan fingerprint density at radius 3 is 2.50 bits per heavy atom. The van der Waals surface area contributed by atoms with Crippen molar-refractivity contribution in [2.75, 3.05) is 19.0 Å². The number of methoxy groups -OCH3 is 1. The molecule has 0 spiro atoms. The summed E-state index contributed by atoms with van der Waals surface area (Å²) < 4.78 is 12.5. The van der Waals surface area contributed by atoms with Crippen LogP contribution in [0.4, 0.5) is 11.5 Å². The third kappa shape index (κ3) is 3.47. The van der Waals surface area contributed by atoms with Crippen molar-refractivity contribution in [3.8, 4) is 5.75 Å². The first-order valence-electron chi connectivity index (χ1n) is 9.59. The van der Waals surface area contributed by atoms with Gasteiger partial charge in [-0.15, -0.1) is 0 Å². The highest BCUT2D eigenvalue weighted by molar-refractivity contribution is 5.85. The van der Waals surface area contributed by atoms with E-state index in [9.17, 15) is 15.3 Å². The van der Waals surface area contributed by atoms with Crippen LogP contribution in [-0.2, 0) is 9.47 Å². The van der Waals surface area contributed by atoms with Crippen molar-refractivity contribution >= 4 is 22.7 Å². The Bertz CT molecular complexity index is 1060. The molecule has 3 aromatic rings. The predicted octanol–water partition coefficient (Wildman–Crippen LogP) is 1.47. The first-order chi connectivity index (χ1) is 14.3. The molecule has 0 aliphatic carbocycles. The van der Waals surface area contributed by atoms with Crippen LogP contribution in [0.3, 0.4) is 0 Å². The van der Waals surface area contributed by atoms with E-state index in [1.54, 1.807) is 11.5 Å². The van der Waals surface area contributed by atoms with Gasteiger partial charge in [0, 0.05) is 12.8 Å². The van der Waals surface area contributed by atoms with Gasteiger partial charge in [0.15, 0.2) is 23.2 Å². The molecule has 0 saturated carbocycles. The summed E-state index contributed by atoms with van der Waals surface area (Å²) in [5.41, 5.74) is 3.19. The van der Waals surface area contributed by atoms with Crippen LogP contribution >= 0.6 is 0 Å². The van der Waals surface area contributed by atoms with Gasteiger partial charge in [-0.05, 0) is 44.0 Å². The lowest BCUT2D eigenvalue weighted by Gasteiger charge is -2.17. The van der Waals surface area contributed by atoms with Crippen molar-refractivity contribution in [3.63, 3.8) is 0 Å². The molecule has 4 atom stereocenters. The minimum absolute atomic E-state index is 0.154. The highest BCUT2D eigenvalue weighted by atomic mass is 16.6. The molecule has 1 aliphatic rings. The van der Waals surface area contributed by atoms with Gasteiger partial charge in [0.2, 0.25) is 0 Å². The van der Waals surface area contributed by atoms with Crippen molar-refractivity contribution < 1.29 is 24.8 Å². The van der Waals surface area contributed by atoms with E-state index in [0.717, 1.165) is 16.8 Å². The molecule has 4 N–H and O–H groups in total. The fourth-order valence-corrected chi connectivity index (χ4v) is 3.72. The zero-order chi connectivity index (χ0) is 21.6. The number of phenols is 1. The van der Waals surface area contributed by atoms with Crippen LogP contribution < -0.4 is 5.32 Å². The number of anilines is 2. The standard InChI is InChI=1S/C20H25N5O5/c1-9-5-12(6-10(2)15(9)26)24-18-14-19(23-11(3)22-18)25(8-21-14)20-17(28)16(27)13(30-20)7-29-4/h5-6,8,13,16-17,20,26-28H,7H2,1-4H3,(H,22,23,24)/t13-,16?,17?,20-/m1/s1. The van der Waals surface area contributed by atoms with Gasteiger partial charge in [-0.1, -0.05) is 0 Å². The Balaban J connectivity index is 1.72. The lowest BCUT2D eigenvalue weighted by Crippen LogP contribution is -2.33. The fourth-order valence-electron chi connectivity index (χ4n) is 3.72. The second kappa shape index (κ2) is 7.80. The molecule has 1 fully saturated rings. The van der Waals surface area contributed by atoms with E-state index < -0.39 is 24.5 Å². The highest BCUT2D eigenvalue weighted by Gasteiger charge is 2.44. The Kier molecular flexibility index (Phi) is 5.33. The molecule has 2 unspecified atom stereocenters. The predicted molar refractivity (Wildman–Crippen MR) is 109 cm³/mol. The molecule has 10 heteroatoms. The van der Waals surface area contributed by atoms with Crippen LogP contribution in [0.5, 0.6) is 5.75 Å². The summed E-state index contributed by atoms with van der Waals surface area (Å²) >= 11 is 0. The molecule has 3 heterocycles. The number of ether oxygens (including phenoxy) is 2. The molecule has 1 saturated heterocycles. The summed E-state index contributed by atoms with van der Waals surface area (Å²) in [4.78, 5) is 13.3. The minimum Gasteiger partial charge on any atom is -0.507 e. The average Bonchev–Trinajstić information content (AvgIpc) is 3.22. The number of nitrogens with zero attached hydrogens (tertiary/aromatic N) is 4. The zero-order valence-corrected chi connectivity index (χ0v) is 17.2. The van der Waals surface area contributed by atoms with Crippen molar-refractivity contribution in [2.45, 2.75) is 45.3 Å². The van der Waals surface area contributed by atoms with Crippen molar-refractivity contribution in [1.82, 2.24) is 19.5 Å². The molecule has 30 heavy (non-hydrogen) atoms. The number of aryl methyl sites for hydroxylation is 3. The molecule has 0 radical (unpaired) electrons. The first-order valence-corrected chi connectivity index (χ1v) is 9.59. The van der Waals surface area contributed by atoms with E-state index in [0.29, 0.717) is 22.8 Å². The zero-order valence-electron chi connectivity index (χ0n) is 17.2. The molecule has 0 bridgehead atoms. The molecule has 160 valence electrons. The summed E-state index contributed by atoms with van der Waals surface area (Å²) in [6.45, 7) is 5.55. The van der Waals surface area contributed by atoms with Crippen LogP contribution in [0, 0.1) is 20.8 Å². The summed E-state index contributed by atoms with van der Waals surface area (Å²) in [6.07, 6.45) is -2.25. The molecule has 0 amide bonds. The quantitative estimate of drug-likeness (QED) is 0.457. The van der Waals surface area contributed by atoms with Gasteiger partial charge in [-0.25, -0.2) is 15.0 Å². The van der Waals surface area contributed by atoms with Crippen LogP contribution in [0.15, 0.2) is 18.5 Å². The average molecular weight is 415 g/mol. The van der Waals surface area contributed by atoms with E-state index in [1.807, 2.05) is 26.0 Å². The molecular weight excluding hydrogens is 390 g/mol. The second-order valence-corrected chi connectivity index (χ2v) is 7.53. The number of fused-ring (bicyclic) bond motifs is 1. The molecule has 1 aromatic carbocycles. The monoisotopic (exact) mass is 415 g/mol. The Labute approximate surface area is 173 Å². The van der Waals surface area contributed by atoms with Crippen LogP contribution in [0.1, 0.15) is 23.2 Å². The second-order valence-electron chi connectivity index (χ2n) is 7.53. The Morgan fingerprint density at radius 2 is 1.83 bits per heavy atom. The molecular formula is C20H25N5O5. The molecule has 1 aliphatic heterocycles. The maximum atomic E-state index is 10.5. The van der Waals surface area contributed by atoms with Gasteiger partial charge in [0.1, 0.15) is 29.9 Å². The van der Waals surface area contributed by atoms with Gasteiger partial charge >= 0.3 is 0 Å². The van der Waals surface area contributed by atoms with Crippen LogP contribution in [-0.4, -0.2) is 66.9 Å². The molecule has 4 rings (SSSR count). The largest absolute Gasteiger partial charge is 0.507 e. The third-order valence-electron chi connectivity index (χ3n) is 5.23. The third-order valence-corrected chi connectivity index (χ3v) is 5.23. The fraction of sp³-hybridized carbons (Fsp3) is 0.450. The molecule has 2 aromatic heterocycles. The SMILES string of the molecule is COC[C@H]1O[C@@H](n2cnc3c(Nc4cc(C)c(O)c(C)c4)nc(C)nc32)C(O)C1O. The van der Waals surface area contributed by atoms with Crippen LogP contribution in [0.2, 0.25) is 0 Å². The topological polar surface area (TPSA) is 135 Å². The number of benzene rings is 1. The number of phenolic OH excluding ortho intramolecular Hbond substituents is 1. The maximum Gasteiger partial charge on any atom is 0.167 e. The minimum atomic E-state index is -1.16. The van der Waals surface area contributed by atoms with E-state index in [1.165, 1.54) is 13.4 Å². The lowest BCUT2D eigenvalue weighted by molar-refractivity contribution is -0.0580.